The van der Waals surface area contributed by atoms with Crippen molar-refractivity contribution in [1.82, 2.24) is 0 Å². The van der Waals surface area contributed by atoms with Crippen LogP contribution in [0.15, 0.2) is 12.2 Å². The molecule has 0 saturated heterocycles. The molecule has 2 nitrogen and oxygen atoms in total. The second kappa shape index (κ2) is 4.60. The van der Waals surface area contributed by atoms with Gasteiger partial charge in [-0.05, 0) is 80.0 Å². The van der Waals surface area contributed by atoms with Crippen molar-refractivity contribution in [3.05, 3.63) is 12.2 Å². The van der Waals surface area contributed by atoms with Gasteiger partial charge in [0.25, 0.3) is 0 Å². The number of aliphatic hydroxyl groups is 2. The third kappa shape index (κ3) is 1.74. The van der Waals surface area contributed by atoms with Crippen LogP contribution in [0.3, 0.4) is 0 Å². The predicted octanol–water partition coefficient (Wildman–Crippen LogP) is 4.27. The Labute approximate surface area is 135 Å². The van der Waals surface area contributed by atoms with E-state index in [2.05, 4.69) is 20.4 Å². The summed E-state index contributed by atoms with van der Waals surface area (Å²) >= 11 is 0. The molecular formula is C20H32O2. The summed E-state index contributed by atoms with van der Waals surface area (Å²) in [6.45, 7) is 9.01. The highest BCUT2D eigenvalue weighted by Crippen LogP contribution is 2.72. The zero-order valence-electron chi connectivity index (χ0n) is 14.3. The van der Waals surface area contributed by atoms with Crippen LogP contribution < -0.4 is 0 Å². The van der Waals surface area contributed by atoms with E-state index in [0.717, 1.165) is 24.7 Å². The second-order valence-electron chi connectivity index (χ2n) is 9.56. The Hall–Kier alpha value is -0.340. The Morgan fingerprint density at radius 1 is 1.05 bits per heavy atom. The van der Waals surface area contributed by atoms with Crippen molar-refractivity contribution in [3.63, 3.8) is 0 Å². The van der Waals surface area contributed by atoms with Crippen LogP contribution in [0.1, 0.15) is 71.6 Å². The molecule has 6 atom stereocenters. The maximum absolute atomic E-state index is 10.1. The fourth-order valence-corrected chi connectivity index (χ4v) is 7.71. The second-order valence-corrected chi connectivity index (χ2v) is 9.56. The SMILES string of the molecule is C=C1C[C@@]23CC[C@H]4[C@@](C)(CCC[C@]4(C)C(O)O)[C@@H]2CC[C@@H]1C3. The van der Waals surface area contributed by atoms with Crippen LogP contribution in [0.4, 0.5) is 0 Å². The summed E-state index contributed by atoms with van der Waals surface area (Å²) in [7, 11) is 0. The first kappa shape index (κ1) is 15.2. The number of hydrogen-bond acceptors (Lipinski definition) is 2. The van der Waals surface area contributed by atoms with Gasteiger partial charge in [0.15, 0.2) is 6.29 Å². The Morgan fingerprint density at radius 3 is 2.55 bits per heavy atom. The Balaban J connectivity index is 1.73. The molecule has 0 heterocycles. The van der Waals surface area contributed by atoms with E-state index in [1.165, 1.54) is 50.5 Å². The lowest BCUT2D eigenvalue weighted by Crippen LogP contribution is -2.59. The molecule has 22 heavy (non-hydrogen) atoms. The summed E-state index contributed by atoms with van der Waals surface area (Å²) in [6.07, 6.45) is 10.00. The molecule has 0 aromatic carbocycles. The number of hydrogen-bond donors (Lipinski definition) is 2. The molecule has 0 amide bonds. The Kier molecular flexibility index (Phi) is 3.18. The molecule has 0 aromatic heterocycles. The first-order valence-electron chi connectivity index (χ1n) is 9.36. The van der Waals surface area contributed by atoms with Crippen molar-refractivity contribution >= 4 is 0 Å². The monoisotopic (exact) mass is 304 g/mol. The van der Waals surface area contributed by atoms with Crippen LogP contribution in [-0.2, 0) is 0 Å². The maximum Gasteiger partial charge on any atom is 0.157 e. The molecule has 4 aliphatic rings. The van der Waals surface area contributed by atoms with Crippen molar-refractivity contribution in [2.75, 3.05) is 0 Å². The van der Waals surface area contributed by atoms with Crippen molar-refractivity contribution in [2.45, 2.75) is 77.9 Å². The molecule has 2 N–H and O–H groups in total. The topological polar surface area (TPSA) is 40.5 Å². The molecule has 4 rings (SSSR count). The third-order valence-corrected chi connectivity index (χ3v) is 8.69. The van der Waals surface area contributed by atoms with Crippen molar-refractivity contribution in [1.29, 1.82) is 0 Å². The van der Waals surface area contributed by atoms with Crippen LogP contribution in [-0.4, -0.2) is 16.5 Å². The first-order valence-corrected chi connectivity index (χ1v) is 9.36. The van der Waals surface area contributed by atoms with E-state index < -0.39 is 6.29 Å². The summed E-state index contributed by atoms with van der Waals surface area (Å²) in [5.74, 6) is 2.03. The van der Waals surface area contributed by atoms with Crippen LogP contribution in [0.2, 0.25) is 0 Å². The van der Waals surface area contributed by atoms with Gasteiger partial charge in [0.2, 0.25) is 0 Å². The fourth-order valence-electron chi connectivity index (χ4n) is 7.71. The summed E-state index contributed by atoms with van der Waals surface area (Å²) in [4.78, 5) is 0. The number of aliphatic hydroxyl groups excluding tert-OH is 1. The van der Waals surface area contributed by atoms with E-state index in [4.69, 9.17) is 0 Å². The zero-order chi connectivity index (χ0) is 15.8. The van der Waals surface area contributed by atoms with E-state index >= 15 is 0 Å². The molecule has 4 saturated carbocycles. The van der Waals surface area contributed by atoms with Gasteiger partial charge in [-0.2, -0.15) is 0 Å². The summed E-state index contributed by atoms with van der Waals surface area (Å²) in [5.41, 5.74) is 2.01. The minimum Gasteiger partial charge on any atom is -0.368 e. The standard InChI is InChI=1S/C20H32O2/c1-13-11-20-10-7-15-18(2,16(20)6-5-14(13)12-20)8-4-9-19(15,3)17(21)22/h14-17,21-22H,1,4-12H2,2-3H3/t14-,15+,16+,18-,19+,20-/m1/s1. The van der Waals surface area contributed by atoms with E-state index in [1.54, 1.807) is 0 Å². The maximum atomic E-state index is 10.1. The van der Waals surface area contributed by atoms with E-state index in [0.29, 0.717) is 16.7 Å². The van der Waals surface area contributed by atoms with E-state index in [9.17, 15) is 10.2 Å². The van der Waals surface area contributed by atoms with Crippen LogP contribution in [0.25, 0.3) is 0 Å². The first-order chi connectivity index (χ1) is 10.3. The van der Waals surface area contributed by atoms with Gasteiger partial charge in [-0.25, -0.2) is 0 Å². The summed E-state index contributed by atoms with van der Waals surface area (Å²) in [5, 5.41) is 20.2. The number of allylic oxidation sites excluding steroid dienone is 1. The lowest BCUT2D eigenvalue weighted by molar-refractivity contribution is -0.226. The quantitative estimate of drug-likeness (QED) is 0.561. The molecule has 0 aliphatic heterocycles. The lowest BCUT2D eigenvalue weighted by Gasteiger charge is -2.64. The highest BCUT2D eigenvalue weighted by atomic mass is 16.5. The Bertz CT molecular complexity index is 498. The summed E-state index contributed by atoms with van der Waals surface area (Å²) in [6, 6.07) is 0. The minimum atomic E-state index is -1.17. The van der Waals surface area contributed by atoms with Crippen molar-refractivity contribution < 1.29 is 10.2 Å². The van der Waals surface area contributed by atoms with Gasteiger partial charge < -0.3 is 10.2 Å². The molecule has 4 fully saturated rings. The van der Waals surface area contributed by atoms with Gasteiger partial charge in [0, 0.05) is 5.41 Å². The molecule has 4 aliphatic carbocycles. The molecule has 124 valence electrons. The molecule has 1 spiro atoms. The Morgan fingerprint density at radius 2 is 1.82 bits per heavy atom. The van der Waals surface area contributed by atoms with E-state index in [-0.39, 0.29) is 5.41 Å². The fraction of sp³-hybridized carbons (Fsp3) is 0.900. The molecular weight excluding hydrogens is 272 g/mol. The smallest absolute Gasteiger partial charge is 0.157 e. The lowest BCUT2D eigenvalue weighted by atomic mass is 9.41. The molecule has 0 unspecified atom stereocenters. The van der Waals surface area contributed by atoms with Crippen molar-refractivity contribution in [3.8, 4) is 0 Å². The van der Waals surface area contributed by atoms with Gasteiger partial charge in [-0.15, -0.1) is 0 Å². The zero-order valence-corrected chi connectivity index (χ0v) is 14.3. The average Bonchev–Trinajstić information content (AvgIpc) is 2.68. The third-order valence-electron chi connectivity index (χ3n) is 8.69. The largest absolute Gasteiger partial charge is 0.368 e. The van der Waals surface area contributed by atoms with Gasteiger partial charge in [-0.3, -0.25) is 0 Å². The molecule has 2 bridgehead atoms. The van der Waals surface area contributed by atoms with Gasteiger partial charge in [-0.1, -0.05) is 32.4 Å². The van der Waals surface area contributed by atoms with Gasteiger partial charge in [0.1, 0.15) is 0 Å². The summed E-state index contributed by atoms with van der Waals surface area (Å²) < 4.78 is 0. The number of rotatable bonds is 1. The van der Waals surface area contributed by atoms with Crippen molar-refractivity contribution in [2.24, 2.45) is 34.0 Å². The highest BCUT2D eigenvalue weighted by Gasteiger charge is 2.64. The van der Waals surface area contributed by atoms with Crippen LogP contribution in [0, 0.1) is 34.0 Å². The minimum absolute atomic E-state index is 0.296. The normalized spacial score (nSPS) is 54.2. The number of fused-ring (bicyclic) bond motifs is 3. The molecule has 2 heteroatoms. The molecule has 0 radical (unpaired) electrons. The van der Waals surface area contributed by atoms with Gasteiger partial charge >= 0.3 is 0 Å². The van der Waals surface area contributed by atoms with Gasteiger partial charge in [0.05, 0.1) is 0 Å². The average molecular weight is 304 g/mol. The molecule has 0 aromatic rings. The van der Waals surface area contributed by atoms with Crippen LogP contribution >= 0.6 is 0 Å². The van der Waals surface area contributed by atoms with E-state index in [1.807, 2.05) is 0 Å². The highest BCUT2D eigenvalue weighted by molar-refractivity contribution is 5.22. The predicted molar refractivity (Wildman–Crippen MR) is 88.0 cm³/mol. The van der Waals surface area contributed by atoms with Crippen LogP contribution in [0.5, 0.6) is 0 Å².